The van der Waals surface area contributed by atoms with E-state index in [1.54, 1.807) is 6.07 Å². The van der Waals surface area contributed by atoms with E-state index in [1.165, 1.54) is 5.56 Å². The van der Waals surface area contributed by atoms with Crippen LogP contribution in [0.3, 0.4) is 0 Å². The Kier molecular flexibility index (Phi) is 3.73. The van der Waals surface area contributed by atoms with Crippen LogP contribution in [-0.4, -0.2) is 14.9 Å². The number of para-hydroxylation sites is 1. The smallest absolute Gasteiger partial charge is 0.125 e. The maximum Gasteiger partial charge on any atom is 0.125 e. The Labute approximate surface area is 124 Å². The molecule has 0 aliphatic heterocycles. The summed E-state index contributed by atoms with van der Waals surface area (Å²) in [6.45, 7) is 2.15. The first-order valence-corrected chi connectivity index (χ1v) is 7.21. The number of nitrogens with zero attached hydrogens (tertiary/aromatic N) is 2. The molecule has 1 heterocycles. The monoisotopic (exact) mass is 278 g/mol. The summed E-state index contributed by atoms with van der Waals surface area (Å²) in [6, 6.07) is 17.6. The van der Waals surface area contributed by atoms with Crippen molar-refractivity contribution in [3.05, 3.63) is 66.4 Å². The van der Waals surface area contributed by atoms with Crippen LogP contribution in [0.1, 0.15) is 18.9 Å². The maximum atomic E-state index is 10.1. The van der Waals surface area contributed by atoms with Crippen molar-refractivity contribution in [2.75, 3.05) is 0 Å². The van der Waals surface area contributed by atoms with Gasteiger partial charge in [0.05, 0.1) is 11.4 Å². The summed E-state index contributed by atoms with van der Waals surface area (Å²) in [5.74, 6) is 0.271. The predicted molar refractivity (Wildman–Crippen MR) is 84.7 cm³/mol. The fourth-order valence-corrected chi connectivity index (χ4v) is 2.42. The van der Waals surface area contributed by atoms with Crippen LogP contribution < -0.4 is 0 Å². The summed E-state index contributed by atoms with van der Waals surface area (Å²) < 4.78 is 1.82. The molecule has 0 aliphatic carbocycles. The molecule has 106 valence electrons. The molecule has 0 radical (unpaired) electrons. The molecular formula is C18H18N2O. The molecule has 1 N–H and O–H groups in total. The molecule has 0 unspecified atom stereocenters. The number of phenolic OH excluding ortho intramolecular Hbond substituents is 1. The normalized spacial score (nSPS) is 10.7. The minimum atomic E-state index is 0.271. The van der Waals surface area contributed by atoms with Crippen molar-refractivity contribution < 1.29 is 5.11 Å². The van der Waals surface area contributed by atoms with Gasteiger partial charge in [-0.2, -0.15) is 5.10 Å². The number of aromatic nitrogens is 2. The fourth-order valence-electron chi connectivity index (χ4n) is 2.42. The number of benzene rings is 2. The standard InChI is InChI=1S/C18H18N2O/c1-2-6-14-9-10-18(21)16(13-14)17-11-12-20(19-17)15-7-4-3-5-8-15/h3-5,7-13,21H,2,6H2,1H3. The van der Waals surface area contributed by atoms with E-state index in [-0.39, 0.29) is 5.75 Å². The maximum absolute atomic E-state index is 10.1. The first-order chi connectivity index (χ1) is 10.3. The van der Waals surface area contributed by atoms with Gasteiger partial charge in [0.2, 0.25) is 0 Å². The molecule has 0 spiro atoms. The van der Waals surface area contributed by atoms with Gasteiger partial charge >= 0.3 is 0 Å². The molecule has 0 saturated heterocycles. The van der Waals surface area contributed by atoms with Gasteiger partial charge in [-0.25, -0.2) is 4.68 Å². The summed E-state index contributed by atoms with van der Waals surface area (Å²) in [5.41, 5.74) is 3.80. The molecule has 0 fully saturated rings. The Bertz CT molecular complexity index is 732. The Balaban J connectivity index is 1.98. The highest BCUT2D eigenvalue weighted by atomic mass is 16.3. The van der Waals surface area contributed by atoms with E-state index in [9.17, 15) is 5.11 Å². The molecule has 2 aromatic carbocycles. The Morgan fingerprint density at radius 2 is 1.86 bits per heavy atom. The van der Waals surface area contributed by atoms with Crippen LogP contribution in [0.2, 0.25) is 0 Å². The van der Waals surface area contributed by atoms with Crippen LogP contribution >= 0.6 is 0 Å². The molecular weight excluding hydrogens is 260 g/mol. The van der Waals surface area contributed by atoms with E-state index in [0.29, 0.717) is 0 Å². The van der Waals surface area contributed by atoms with E-state index in [1.807, 2.05) is 59.4 Å². The summed E-state index contributed by atoms with van der Waals surface area (Å²) in [4.78, 5) is 0. The lowest BCUT2D eigenvalue weighted by Crippen LogP contribution is -1.94. The SMILES string of the molecule is CCCc1ccc(O)c(-c2ccn(-c3ccccc3)n2)c1. The van der Waals surface area contributed by atoms with Gasteiger partial charge in [0.25, 0.3) is 0 Å². The quantitative estimate of drug-likeness (QED) is 0.776. The molecule has 1 aromatic heterocycles. The lowest BCUT2D eigenvalue weighted by atomic mass is 10.0. The van der Waals surface area contributed by atoms with Crippen molar-refractivity contribution in [3.8, 4) is 22.7 Å². The summed E-state index contributed by atoms with van der Waals surface area (Å²) in [7, 11) is 0. The minimum Gasteiger partial charge on any atom is -0.507 e. The van der Waals surface area contributed by atoms with E-state index >= 15 is 0 Å². The molecule has 0 amide bonds. The van der Waals surface area contributed by atoms with Crippen LogP contribution in [0.25, 0.3) is 16.9 Å². The Morgan fingerprint density at radius 3 is 2.62 bits per heavy atom. The Morgan fingerprint density at radius 1 is 1.05 bits per heavy atom. The molecule has 0 atom stereocenters. The van der Waals surface area contributed by atoms with Crippen LogP contribution in [0.15, 0.2) is 60.8 Å². The number of hydrogen-bond donors (Lipinski definition) is 1. The first kappa shape index (κ1) is 13.4. The second-order valence-corrected chi connectivity index (χ2v) is 5.08. The van der Waals surface area contributed by atoms with Gasteiger partial charge < -0.3 is 5.11 Å². The van der Waals surface area contributed by atoms with E-state index in [2.05, 4.69) is 12.0 Å². The number of rotatable bonds is 4. The van der Waals surface area contributed by atoms with Crippen molar-refractivity contribution in [1.82, 2.24) is 9.78 Å². The van der Waals surface area contributed by atoms with Gasteiger partial charge in [-0.15, -0.1) is 0 Å². The van der Waals surface area contributed by atoms with Crippen LogP contribution in [0.5, 0.6) is 5.75 Å². The molecule has 0 aliphatic rings. The second-order valence-electron chi connectivity index (χ2n) is 5.08. The zero-order valence-corrected chi connectivity index (χ0v) is 12.0. The number of hydrogen-bond acceptors (Lipinski definition) is 2. The van der Waals surface area contributed by atoms with E-state index in [0.717, 1.165) is 29.8 Å². The van der Waals surface area contributed by atoms with Gasteiger partial charge in [-0.1, -0.05) is 37.6 Å². The summed E-state index contributed by atoms with van der Waals surface area (Å²) >= 11 is 0. The van der Waals surface area contributed by atoms with Gasteiger partial charge in [-0.3, -0.25) is 0 Å². The van der Waals surface area contributed by atoms with Crippen molar-refractivity contribution in [2.45, 2.75) is 19.8 Å². The zero-order valence-electron chi connectivity index (χ0n) is 12.0. The van der Waals surface area contributed by atoms with Crippen LogP contribution in [0.4, 0.5) is 0 Å². The molecule has 0 saturated carbocycles. The molecule has 3 rings (SSSR count). The van der Waals surface area contributed by atoms with Crippen molar-refractivity contribution >= 4 is 0 Å². The highest BCUT2D eigenvalue weighted by Gasteiger charge is 2.09. The third kappa shape index (κ3) is 2.82. The fraction of sp³-hybridized carbons (Fsp3) is 0.167. The largest absolute Gasteiger partial charge is 0.507 e. The Hall–Kier alpha value is -2.55. The zero-order chi connectivity index (χ0) is 14.7. The van der Waals surface area contributed by atoms with Gasteiger partial charge in [-0.05, 0) is 42.3 Å². The van der Waals surface area contributed by atoms with E-state index in [4.69, 9.17) is 0 Å². The number of aryl methyl sites for hydroxylation is 1. The van der Waals surface area contributed by atoms with Crippen molar-refractivity contribution in [2.24, 2.45) is 0 Å². The summed E-state index contributed by atoms with van der Waals surface area (Å²) in [6.07, 6.45) is 4.01. The third-order valence-corrected chi connectivity index (χ3v) is 3.49. The average Bonchev–Trinajstić information content (AvgIpc) is 3.00. The third-order valence-electron chi connectivity index (χ3n) is 3.49. The highest BCUT2D eigenvalue weighted by molar-refractivity contribution is 5.67. The number of phenols is 1. The summed E-state index contributed by atoms with van der Waals surface area (Å²) in [5, 5.41) is 14.7. The van der Waals surface area contributed by atoms with Gasteiger partial charge in [0.15, 0.2) is 0 Å². The predicted octanol–water partition coefficient (Wildman–Crippen LogP) is 4.20. The molecule has 3 nitrogen and oxygen atoms in total. The van der Waals surface area contributed by atoms with Gasteiger partial charge in [0.1, 0.15) is 5.75 Å². The molecule has 21 heavy (non-hydrogen) atoms. The van der Waals surface area contributed by atoms with E-state index < -0.39 is 0 Å². The van der Waals surface area contributed by atoms with Crippen LogP contribution in [-0.2, 0) is 6.42 Å². The lowest BCUT2D eigenvalue weighted by molar-refractivity contribution is 0.477. The van der Waals surface area contributed by atoms with Crippen molar-refractivity contribution in [3.63, 3.8) is 0 Å². The minimum absolute atomic E-state index is 0.271. The molecule has 3 heteroatoms. The lowest BCUT2D eigenvalue weighted by Gasteiger charge is -2.05. The highest BCUT2D eigenvalue weighted by Crippen LogP contribution is 2.29. The first-order valence-electron chi connectivity index (χ1n) is 7.21. The topological polar surface area (TPSA) is 38.0 Å². The average molecular weight is 278 g/mol. The van der Waals surface area contributed by atoms with Crippen molar-refractivity contribution in [1.29, 1.82) is 0 Å². The molecule has 0 bridgehead atoms. The molecule has 3 aromatic rings. The number of aromatic hydroxyl groups is 1. The van der Waals surface area contributed by atoms with Crippen LogP contribution in [0, 0.1) is 0 Å². The van der Waals surface area contributed by atoms with Gasteiger partial charge in [0, 0.05) is 11.8 Å². The second kappa shape index (κ2) is 5.83.